The van der Waals surface area contributed by atoms with Crippen molar-refractivity contribution in [1.82, 2.24) is 0 Å². The molecule has 0 radical (unpaired) electrons. The minimum absolute atomic E-state index is 0.328. The van der Waals surface area contributed by atoms with Crippen molar-refractivity contribution in [3.05, 3.63) is 21.3 Å². The predicted octanol–water partition coefficient (Wildman–Crippen LogP) is 4.52. The van der Waals surface area contributed by atoms with E-state index in [4.69, 9.17) is 0 Å². The van der Waals surface area contributed by atoms with Crippen molar-refractivity contribution < 1.29 is 4.79 Å². The molecule has 0 aliphatic heterocycles. The van der Waals surface area contributed by atoms with Gasteiger partial charge in [-0.25, -0.2) is 0 Å². The van der Waals surface area contributed by atoms with Gasteiger partial charge in [0.05, 0.1) is 0 Å². The van der Waals surface area contributed by atoms with Gasteiger partial charge in [0.1, 0.15) is 0 Å². The molecule has 1 unspecified atom stereocenters. The van der Waals surface area contributed by atoms with Crippen molar-refractivity contribution in [1.29, 1.82) is 0 Å². The molecular formula is C15H26OSn. The first-order chi connectivity index (χ1) is 7.84. The molecule has 0 saturated heterocycles. The zero-order valence-electron chi connectivity index (χ0n) is 12.0. The quantitative estimate of drug-likeness (QED) is 0.688. The van der Waals surface area contributed by atoms with E-state index in [9.17, 15) is 4.79 Å². The zero-order chi connectivity index (χ0) is 13.1. The van der Waals surface area contributed by atoms with Crippen LogP contribution in [0.3, 0.4) is 0 Å². The molecule has 0 aromatic carbocycles. The Balaban J connectivity index is 2.70. The molecule has 0 fully saturated rings. The molecule has 2 heteroatoms. The molecule has 0 spiro atoms. The first-order valence-corrected chi connectivity index (χ1v) is 16.7. The molecule has 1 aliphatic carbocycles. The normalized spacial score (nSPS) is 22.6. The molecule has 0 N–H and O–H groups in total. The average molecular weight is 341 g/mol. The van der Waals surface area contributed by atoms with Crippen molar-refractivity contribution in [3.63, 3.8) is 0 Å². The van der Waals surface area contributed by atoms with Crippen LogP contribution < -0.4 is 0 Å². The first kappa shape index (κ1) is 15.0. The summed E-state index contributed by atoms with van der Waals surface area (Å²) in [5.74, 6) is 0.954. The molecule has 1 nitrogen and oxygen atoms in total. The van der Waals surface area contributed by atoms with Crippen LogP contribution >= 0.6 is 0 Å². The molecule has 17 heavy (non-hydrogen) atoms. The van der Waals surface area contributed by atoms with Gasteiger partial charge in [0.15, 0.2) is 0 Å². The summed E-state index contributed by atoms with van der Waals surface area (Å²) in [7, 11) is 0. The number of rotatable bonds is 4. The van der Waals surface area contributed by atoms with Crippen molar-refractivity contribution in [3.8, 4) is 0 Å². The molecule has 0 saturated carbocycles. The summed E-state index contributed by atoms with van der Waals surface area (Å²) in [6.07, 6.45) is 8.34. The van der Waals surface area contributed by atoms with Gasteiger partial charge in [-0.2, -0.15) is 0 Å². The molecular weight excluding hydrogens is 315 g/mol. The molecule has 1 rings (SSSR count). The molecule has 0 heterocycles. The maximum absolute atomic E-state index is 11.4. The van der Waals surface area contributed by atoms with Gasteiger partial charge < -0.3 is 0 Å². The van der Waals surface area contributed by atoms with Gasteiger partial charge in [0, 0.05) is 0 Å². The Morgan fingerprint density at radius 3 is 2.65 bits per heavy atom. The van der Waals surface area contributed by atoms with Gasteiger partial charge in [-0.1, -0.05) is 0 Å². The fourth-order valence-electron chi connectivity index (χ4n) is 2.18. The third-order valence-electron chi connectivity index (χ3n) is 3.91. The van der Waals surface area contributed by atoms with Crippen LogP contribution in [-0.4, -0.2) is 24.2 Å². The Morgan fingerprint density at radius 2 is 2.12 bits per heavy atom. The molecule has 0 bridgehead atoms. The molecule has 1 aliphatic rings. The van der Waals surface area contributed by atoms with Crippen molar-refractivity contribution in [2.45, 2.75) is 54.3 Å². The Kier molecular flexibility index (Phi) is 5.49. The first-order valence-electron chi connectivity index (χ1n) is 6.75. The number of hydrogen-bond acceptors (Lipinski definition) is 1. The number of carbonyl (C=O) groups is 1. The summed E-state index contributed by atoms with van der Waals surface area (Å²) in [5.41, 5.74) is 1.37. The summed E-state index contributed by atoms with van der Waals surface area (Å²) in [6.45, 7) is 4.47. The number of carbonyl (C=O) groups excluding carboxylic acids is 1. The summed E-state index contributed by atoms with van der Waals surface area (Å²) in [5, 5.41) is 0. The number of ketones is 1. The van der Waals surface area contributed by atoms with Crippen LogP contribution in [0.25, 0.3) is 0 Å². The monoisotopic (exact) mass is 342 g/mol. The van der Waals surface area contributed by atoms with Crippen LogP contribution in [0.2, 0.25) is 14.8 Å². The SMILES string of the molecule is CCC1=CC(=O)CCC1C/C=[C](\C)[Sn]([CH3])([CH3])[CH3]. The number of allylic oxidation sites excluding steroid dienone is 4. The molecule has 0 aromatic heterocycles. The van der Waals surface area contributed by atoms with Crippen LogP contribution in [0.5, 0.6) is 0 Å². The van der Waals surface area contributed by atoms with E-state index < -0.39 is 18.4 Å². The average Bonchev–Trinajstić information content (AvgIpc) is 2.25. The number of hydrogen-bond donors (Lipinski definition) is 0. The van der Waals surface area contributed by atoms with E-state index in [1.165, 1.54) is 5.57 Å². The van der Waals surface area contributed by atoms with Gasteiger partial charge in [-0.3, -0.25) is 0 Å². The van der Waals surface area contributed by atoms with Gasteiger partial charge >= 0.3 is 111 Å². The summed E-state index contributed by atoms with van der Waals surface area (Å²) in [6, 6.07) is 0. The van der Waals surface area contributed by atoms with Crippen molar-refractivity contribution in [2.24, 2.45) is 5.92 Å². The van der Waals surface area contributed by atoms with Crippen molar-refractivity contribution >= 4 is 24.2 Å². The van der Waals surface area contributed by atoms with Gasteiger partial charge in [-0.15, -0.1) is 0 Å². The van der Waals surface area contributed by atoms with E-state index in [0.717, 1.165) is 25.7 Å². The van der Waals surface area contributed by atoms with E-state index in [-0.39, 0.29) is 0 Å². The summed E-state index contributed by atoms with van der Waals surface area (Å²) < 4.78 is 1.66. The van der Waals surface area contributed by atoms with Crippen molar-refractivity contribution in [2.75, 3.05) is 0 Å². The summed E-state index contributed by atoms with van der Waals surface area (Å²) >= 11 is -1.82. The standard InChI is InChI=1S/C12H17O.3CH3.Sn/c1-3-5-6-11-7-8-12(13)9-10(11)4-2;;;;/h5,9,11H,4,6-8H2,1-2H3;3*1H3;. The second-order valence-corrected chi connectivity index (χ2v) is 21.2. The van der Waals surface area contributed by atoms with E-state index >= 15 is 0 Å². The Bertz CT molecular complexity index is 344. The molecule has 0 aromatic rings. The second kappa shape index (κ2) is 6.21. The fraction of sp³-hybridized carbons (Fsp3) is 0.667. The van der Waals surface area contributed by atoms with Crippen LogP contribution in [-0.2, 0) is 4.79 Å². The Morgan fingerprint density at radius 1 is 1.47 bits per heavy atom. The Hall–Kier alpha value is -0.0513. The maximum atomic E-state index is 11.4. The topological polar surface area (TPSA) is 17.1 Å². The minimum atomic E-state index is -1.82. The molecule has 0 amide bonds. The van der Waals surface area contributed by atoms with Gasteiger partial charge in [0.2, 0.25) is 0 Å². The van der Waals surface area contributed by atoms with Crippen LogP contribution in [0, 0.1) is 5.92 Å². The van der Waals surface area contributed by atoms with E-state index in [1.807, 2.05) is 6.08 Å². The van der Waals surface area contributed by atoms with E-state index in [2.05, 4.69) is 34.7 Å². The molecule has 96 valence electrons. The van der Waals surface area contributed by atoms with Gasteiger partial charge in [0.25, 0.3) is 0 Å². The van der Waals surface area contributed by atoms with Crippen LogP contribution in [0.15, 0.2) is 21.3 Å². The zero-order valence-corrected chi connectivity index (χ0v) is 14.8. The third-order valence-corrected chi connectivity index (χ3v) is 11.2. The second-order valence-electron chi connectivity index (χ2n) is 6.15. The third kappa shape index (κ3) is 4.61. The van der Waals surface area contributed by atoms with Crippen LogP contribution in [0.4, 0.5) is 0 Å². The Labute approximate surface area is 110 Å². The van der Waals surface area contributed by atoms with E-state index in [0.29, 0.717) is 11.7 Å². The fourth-order valence-corrected chi connectivity index (χ4v) is 4.27. The van der Waals surface area contributed by atoms with Crippen LogP contribution in [0.1, 0.15) is 39.5 Å². The molecule has 1 atom stereocenters. The van der Waals surface area contributed by atoms with E-state index in [1.54, 1.807) is 3.59 Å². The van der Waals surface area contributed by atoms with Gasteiger partial charge in [-0.05, 0) is 0 Å². The predicted molar refractivity (Wildman–Crippen MR) is 77.8 cm³/mol. The summed E-state index contributed by atoms with van der Waals surface area (Å²) in [4.78, 5) is 18.8.